The van der Waals surface area contributed by atoms with E-state index in [2.05, 4.69) is 26.0 Å². The van der Waals surface area contributed by atoms with Crippen LogP contribution in [0.3, 0.4) is 0 Å². The van der Waals surface area contributed by atoms with Gasteiger partial charge in [-0.05, 0) is 31.0 Å². The minimum Gasteiger partial charge on any atom is -0.494 e. The zero-order chi connectivity index (χ0) is 29.6. The Balaban J connectivity index is 1.60. The van der Waals surface area contributed by atoms with Crippen molar-refractivity contribution in [3.8, 4) is 17.0 Å². The second-order valence-corrected chi connectivity index (χ2v) is 8.59. The van der Waals surface area contributed by atoms with E-state index in [1.165, 1.54) is 26.5 Å². The van der Waals surface area contributed by atoms with Crippen molar-refractivity contribution in [3.05, 3.63) is 48.3 Å². The fourth-order valence-corrected chi connectivity index (χ4v) is 3.77. The van der Waals surface area contributed by atoms with Gasteiger partial charge in [0.05, 0.1) is 36.3 Å². The molecule has 0 atom stereocenters. The first-order chi connectivity index (χ1) is 19.6. The summed E-state index contributed by atoms with van der Waals surface area (Å²) in [5.74, 6) is -0.707. The van der Waals surface area contributed by atoms with E-state index in [1.807, 2.05) is 11.4 Å². The Morgan fingerprint density at radius 2 is 2.03 bits per heavy atom. The molecule has 0 aliphatic heterocycles. The first-order valence-corrected chi connectivity index (χ1v) is 11.9. The molecule has 12 heteroatoms. The molecule has 200 valence electrons. The summed E-state index contributed by atoms with van der Waals surface area (Å²) in [6, 6.07) is 8.56. The highest BCUT2D eigenvalue weighted by molar-refractivity contribution is 6.01. The highest BCUT2D eigenvalue weighted by Crippen LogP contribution is 2.38. The Morgan fingerprint density at radius 3 is 2.76 bits per heavy atom. The van der Waals surface area contributed by atoms with Gasteiger partial charge in [-0.15, -0.1) is 0 Å². The summed E-state index contributed by atoms with van der Waals surface area (Å²) in [6.07, 6.45) is 4.58. The average molecular weight is 525 g/mol. The maximum Gasteiger partial charge on any atom is 0.254 e. The third-order valence-electron chi connectivity index (χ3n) is 5.81. The Labute approximate surface area is 224 Å². The molecule has 4 N–H and O–H groups in total. The average Bonchev–Trinajstić information content (AvgIpc) is 3.66. The summed E-state index contributed by atoms with van der Waals surface area (Å²) in [5, 5.41) is 15.2. The molecule has 1 fully saturated rings. The topological polar surface area (TPSA) is 148 Å². The molecule has 1 aliphatic rings. The van der Waals surface area contributed by atoms with Crippen LogP contribution in [-0.2, 0) is 20.9 Å². The van der Waals surface area contributed by atoms with E-state index in [0.29, 0.717) is 35.8 Å². The van der Waals surface area contributed by atoms with Gasteiger partial charge in [0, 0.05) is 54.7 Å². The van der Waals surface area contributed by atoms with Crippen LogP contribution >= 0.6 is 0 Å². The third kappa shape index (κ3) is 6.45. The number of pyridine rings is 1. The lowest BCUT2D eigenvalue weighted by Crippen LogP contribution is -2.30. The zero-order valence-electron chi connectivity index (χ0n) is 24.0. The van der Waals surface area contributed by atoms with E-state index in [0.717, 1.165) is 12.8 Å². The number of anilines is 3. The standard InChI is InChI=1S/C26H31N7O5/c1-27-26(36)18-14-29-22(31-25(35)16-7-8-16)13-21(18)30-20-6-4-5-17(24(20)38-3)19-9-11-33(32-19)12-10-28-23(34)15-37-2/h4-6,9,11,13-14,16H,7-8,10,12,15H2,1-3H3,(H,27,36)(H,28,34)(H2,29,30,31,35)/i1D3. The highest BCUT2D eigenvalue weighted by Gasteiger charge is 2.30. The van der Waals surface area contributed by atoms with Gasteiger partial charge in [0.15, 0.2) is 5.75 Å². The van der Waals surface area contributed by atoms with E-state index in [4.69, 9.17) is 13.6 Å². The van der Waals surface area contributed by atoms with Gasteiger partial charge in [-0.1, -0.05) is 6.07 Å². The number of nitrogens with zero attached hydrogens (tertiary/aromatic N) is 3. The van der Waals surface area contributed by atoms with Gasteiger partial charge in [0.2, 0.25) is 11.8 Å². The molecule has 0 saturated heterocycles. The van der Waals surface area contributed by atoms with Crippen molar-refractivity contribution < 1.29 is 28.0 Å². The smallest absolute Gasteiger partial charge is 0.254 e. The number of benzene rings is 1. The Hall–Kier alpha value is -4.45. The molecule has 1 aromatic carbocycles. The first-order valence-electron chi connectivity index (χ1n) is 13.4. The summed E-state index contributed by atoms with van der Waals surface area (Å²) in [4.78, 5) is 40.9. The highest BCUT2D eigenvalue weighted by atomic mass is 16.5. The maximum atomic E-state index is 12.8. The lowest BCUT2D eigenvalue weighted by atomic mass is 10.1. The third-order valence-corrected chi connectivity index (χ3v) is 5.81. The van der Waals surface area contributed by atoms with Crippen LogP contribution in [0.2, 0.25) is 0 Å². The molecule has 2 heterocycles. The number of ether oxygens (including phenoxy) is 2. The minimum atomic E-state index is -2.71. The van der Waals surface area contributed by atoms with Crippen molar-refractivity contribution in [1.82, 2.24) is 25.4 Å². The summed E-state index contributed by atoms with van der Waals surface area (Å²) >= 11 is 0. The van der Waals surface area contributed by atoms with Crippen LogP contribution in [0.4, 0.5) is 17.2 Å². The molecule has 0 bridgehead atoms. The molecule has 0 spiro atoms. The number of amides is 3. The minimum absolute atomic E-state index is 0.0210. The van der Waals surface area contributed by atoms with Crippen LogP contribution in [0.25, 0.3) is 11.3 Å². The number of carbonyl (C=O) groups is 3. The number of nitrogens with one attached hydrogen (secondary N) is 4. The molecule has 3 aromatic rings. The second kappa shape index (κ2) is 12.2. The number of hydrogen-bond acceptors (Lipinski definition) is 8. The van der Waals surface area contributed by atoms with E-state index in [9.17, 15) is 14.4 Å². The number of aromatic nitrogens is 3. The largest absolute Gasteiger partial charge is 0.494 e. The van der Waals surface area contributed by atoms with Crippen LogP contribution < -0.4 is 26.0 Å². The quantitative estimate of drug-likeness (QED) is 0.282. The Kier molecular flexibility index (Phi) is 7.29. The van der Waals surface area contributed by atoms with Gasteiger partial charge in [-0.3, -0.25) is 19.1 Å². The summed E-state index contributed by atoms with van der Waals surface area (Å²) in [7, 11) is 2.94. The fourth-order valence-electron chi connectivity index (χ4n) is 3.77. The molecular weight excluding hydrogens is 490 g/mol. The van der Waals surface area contributed by atoms with Crippen molar-refractivity contribution in [1.29, 1.82) is 0 Å². The molecule has 1 aliphatic carbocycles. The number of carbonyl (C=O) groups excluding carboxylic acids is 3. The number of rotatable bonds is 12. The van der Waals surface area contributed by atoms with E-state index >= 15 is 0 Å². The van der Waals surface area contributed by atoms with Crippen LogP contribution in [0, 0.1) is 5.92 Å². The summed E-state index contributed by atoms with van der Waals surface area (Å²) in [6.45, 7) is -1.93. The van der Waals surface area contributed by atoms with Crippen LogP contribution in [0.5, 0.6) is 5.75 Å². The maximum absolute atomic E-state index is 12.8. The number of methoxy groups -OCH3 is 2. The Morgan fingerprint density at radius 1 is 1.18 bits per heavy atom. The van der Waals surface area contributed by atoms with Crippen LogP contribution in [-0.4, -0.2) is 66.8 Å². The Bertz CT molecular complexity index is 1420. The molecule has 12 nitrogen and oxygen atoms in total. The predicted octanol–water partition coefficient (Wildman–Crippen LogP) is 2.17. The van der Waals surface area contributed by atoms with E-state index in [1.54, 1.807) is 29.1 Å². The molecule has 3 amide bonds. The van der Waals surface area contributed by atoms with Gasteiger partial charge in [-0.25, -0.2) is 4.98 Å². The number of hydrogen-bond donors (Lipinski definition) is 4. The van der Waals surface area contributed by atoms with Gasteiger partial charge < -0.3 is 30.7 Å². The van der Waals surface area contributed by atoms with Crippen molar-refractivity contribution in [2.75, 3.05) is 45.0 Å². The molecule has 2 aromatic heterocycles. The zero-order valence-corrected chi connectivity index (χ0v) is 21.0. The predicted molar refractivity (Wildman–Crippen MR) is 141 cm³/mol. The lowest BCUT2D eigenvalue weighted by molar-refractivity contribution is -0.124. The lowest BCUT2D eigenvalue weighted by Gasteiger charge is -2.17. The first kappa shape index (κ1) is 22.7. The summed E-state index contributed by atoms with van der Waals surface area (Å²) < 4.78 is 34.4. The SMILES string of the molecule is [2H]C([2H])([2H])NC(=O)c1cnc(NC(=O)C2CC2)cc1Nc1cccc(-c2ccn(CCNC(=O)COC)n2)c1OC. The van der Waals surface area contributed by atoms with Gasteiger partial charge >= 0.3 is 0 Å². The monoisotopic (exact) mass is 524 g/mol. The summed E-state index contributed by atoms with van der Waals surface area (Å²) in [5.41, 5.74) is 1.86. The second-order valence-electron chi connectivity index (χ2n) is 8.59. The van der Waals surface area contributed by atoms with Crippen LogP contribution in [0.1, 0.15) is 27.3 Å². The van der Waals surface area contributed by atoms with Crippen molar-refractivity contribution in [2.24, 2.45) is 5.92 Å². The fraction of sp³-hybridized carbons (Fsp3) is 0.346. The van der Waals surface area contributed by atoms with Crippen molar-refractivity contribution in [2.45, 2.75) is 19.4 Å². The molecule has 38 heavy (non-hydrogen) atoms. The molecule has 0 unspecified atom stereocenters. The number of para-hydroxylation sites is 1. The van der Waals surface area contributed by atoms with E-state index in [-0.39, 0.29) is 41.4 Å². The normalized spacial score (nSPS) is 14.0. The van der Waals surface area contributed by atoms with Crippen molar-refractivity contribution in [3.63, 3.8) is 0 Å². The van der Waals surface area contributed by atoms with E-state index < -0.39 is 12.9 Å². The molecule has 4 rings (SSSR count). The van der Waals surface area contributed by atoms with Gasteiger partial charge in [-0.2, -0.15) is 5.10 Å². The molecule has 0 radical (unpaired) electrons. The van der Waals surface area contributed by atoms with Crippen LogP contribution in [0.15, 0.2) is 42.7 Å². The molecule has 1 saturated carbocycles. The van der Waals surface area contributed by atoms with Crippen molar-refractivity contribution >= 4 is 34.9 Å². The molecular formula is C26H31N7O5. The van der Waals surface area contributed by atoms with Gasteiger partial charge in [0.25, 0.3) is 5.91 Å². The van der Waals surface area contributed by atoms with Gasteiger partial charge in [0.1, 0.15) is 12.4 Å².